The molecule has 2 atom stereocenters. The Bertz CT molecular complexity index is 1530. The van der Waals surface area contributed by atoms with E-state index in [1.165, 1.54) is 23.5 Å². The monoisotopic (exact) mass is 624 g/mol. The Labute approximate surface area is 257 Å². The third kappa shape index (κ3) is 7.29. The number of ether oxygens (including phenoxy) is 2. The number of nitrogens with zero attached hydrogens (tertiary/aromatic N) is 3. The van der Waals surface area contributed by atoms with Crippen molar-refractivity contribution < 1.29 is 38.3 Å². The van der Waals surface area contributed by atoms with Crippen LogP contribution in [0, 0.1) is 0 Å². The fraction of sp³-hybridized carbons (Fsp3) is 0.345. The first-order chi connectivity index (χ1) is 20.9. The highest BCUT2D eigenvalue weighted by Crippen LogP contribution is 2.38. The van der Waals surface area contributed by atoms with Gasteiger partial charge in [-0.05, 0) is 45.7 Å². The van der Waals surface area contributed by atoms with E-state index >= 15 is 0 Å². The SMILES string of the molecule is C=CCOC(=O)Nc1nc(C(=NOC)C(=O)N[C@@H]2C(=O)N3C(C(=O)OC(C)(C)C)=C(C(=O)Nc4ccccc4)CC[C@@H]23)cs1. The highest BCUT2D eigenvalue weighted by molar-refractivity contribution is 7.14. The van der Waals surface area contributed by atoms with E-state index in [1.807, 2.05) is 0 Å². The van der Waals surface area contributed by atoms with Crippen molar-refractivity contribution in [2.45, 2.75) is 51.3 Å². The lowest BCUT2D eigenvalue weighted by atomic mass is 9.83. The smallest absolute Gasteiger partial charge is 0.413 e. The third-order valence-corrected chi connectivity index (χ3v) is 7.06. The molecule has 1 saturated heterocycles. The summed E-state index contributed by atoms with van der Waals surface area (Å²) in [6.07, 6.45) is 1.08. The minimum absolute atomic E-state index is 0.000475. The summed E-state index contributed by atoms with van der Waals surface area (Å²) in [7, 11) is 1.24. The lowest BCUT2D eigenvalue weighted by Gasteiger charge is -2.50. The molecule has 15 heteroatoms. The average molecular weight is 625 g/mol. The number of carbonyl (C=O) groups is 5. The van der Waals surface area contributed by atoms with Gasteiger partial charge in [-0.25, -0.2) is 14.6 Å². The zero-order valence-electron chi connectivity index (χ0n) is 24.5. The molecule has 4 rings (SSSR count). The van der Waals surface area contributed by atoms with Crippen LogP contribution in [0.2, 0.25) is 0 Å². The molecule has 1 aromatic heterocycles. The second kappa shape index (κ2) is 13.5. The van der Waals surface area contributed by atoms with Crippen molar-refractivity contribution in [3.63, 3.8) is 0 Å². The van der Waals surface area contributed by atoms with Crippen LogP contribution in [0.4, 0.5) is 15.6 Å². The van der Waals surface area contributed by atoms with Crippen LogP contribution in [0.15, 0.2) is 64.8 Å². The number of aromatic nitrogens is 1. The van der Waals surface area contributed by atoms with Crippen LogP contribution in [0.3, 0.4) is 0 Å². The summed E-state index contributed by atoms with van der Waals surface area (Å²) < 4.78 is 10.4. The van der Waals surface area contributed by atoms with E-state index in [-0.39, 0.29) is 47.3 Å². The number of thiazole rings is 1. The van der Waals surface area contributed by atoms with Gasteiger partial charge in [-0.1, -0.05) is 36.0 Å². The number of oxime groups is 1. The van der Waals surface area contributed by atoms with Crippen LogP contribution in [0.25, 0.3) is 0 Å². The number of benzene rings is 1. The van der Waals surface area contributed by atoms with E-state index in [9.17, 15) is 24.0 Å². The fourth-order valence-corrected chi connectivity index (χ4v) is 5.21. The lowest BCUT2D eigenvalue weighted by Crippen LogP contribution is -2.72. The van der Waals surface area contributed by atoms with E-state index < -0.39 is 47.5 Å². The maximum atomic E-state index is 13.5. The summed E-state index contributed by atoms with van der Waals surface area (Å²) in [5.74, 6) is -2.73. The van der Waals surface area contributed by atoms with Gasteiger partial charge in [0.2, 0.25) is 0 Å². The van der Waals surface area contributed by atoms with Gasteiger partial charge in [0.15, 0.2) is 10.8 Å². The summed E-state index contributed by atoms with van der Waals surface area (Å²) in [4.78, 5) is 75.4. The van der Waals surface area contributed by atoms with Crippen LogP contribution in [0.5, 0.6) is 0 Å². The zero-order chi connectivity index (χ0) is 32.0. The van der Waals surface area contributed by atoms with E-state index in [2.05, 4.69) is 32.7 Å². The molecule has 2 aliphatic heterocycles. The number of nitrogens with one attached hydrogen (secondary N) is 3. The predicted molar refractivity (Wildman–Crippen MR) is 161 cm³/mol. The number of amides is 4. The lowest BCUT2D eigenvalue weighted by molar-refractivity contribution is -0.162. The highest BCUT2D eigenvalue weighted by Gasteiger charge is 2.55. The summed E-state index contributed by atoms with van der Waals surface area (Å²) in [6, 6.07) is 7.06. The molecule has 232 valence electrons. The summed E-state index contributed by atoms with van der Waals surface area (Å²) in [5.41, 5.74) is -0.596. The Morgan fingerprint density at radius 3 is 2.57 bits per heavy atom. The van der Waals surface area contributed by atoms with E-state index in [0.717, 1.165) is 11.3 Å². The quantitative estimate of drug-likeness (QED) is 0.118. The number of rotatable bonds is 10. The molecule has 14 nitrogen and oxygen atoms in total. The molecule has 0 saturated carbocycles. The van der Waals surface area contributed by atoms with E-state index in [0.29, 0.717) is 5.69 Å². The van der Waals surface area contributed by atoms with Crippen molar-refractivity contribution in [3.05, 3.63) is 65.3 Å². The van der Waals surface area contributed by atoms with Gasteiger partial charge < -0.3 is 24.9 Å². The van der Waals surface area contributed by atoms with E-state index in [1.54, 1.807) is 51.1 Å². The molecule has 1 fully saturated rings. The number of para-hydroxylation sites is 1. The number of hydrogen-bond acceptors (Lipinski definition) is 11. The zero-order valence-corrected chi connectivity index (χ0v) is 25.4. The first kappa shape index (κ1) is 31.9. The number of β-lactam (4-membered cyclic amide) rings is 1. The molecule has 0 radical (unpaired) electrons. The molecule has 3 heterocycles. The molecular weight excluding hydrogens is 592 g/mol. The van der Waals surface area contributed by atoms with Gasteiger partial charge in [0.25, 0.3) is 17.7 Å². The van der Waals surface area contributed by atoms with Gasteiger partial charge >= 0.3 is 12.1 Å². The summed E-state index contributed by atoms with van der Waals surface area (Å²) in [5, 5.41) is 13.2. The van der Waals surface area contributed by atoms with Crippen molar-refractivity contribution in [3.8, 4) is 0 Å². The van der Waals surface area contributed by atoms with Gasteiger partial charge in [-0.15, -0.1) is 11.3 Å². The van der Waals surface area contributed by atoms with Gasteiger partial charge in [-0.2, -0.15) is 0 Å². The second-order valence-electron chi connectivity index (χ2n) is 10.6. The molecule has 0 spiro atoms. The summed E-state index contributed by atoms with van der Waals surface area (Å²) in [6.45, 7) is 8.50. The Hall–Kier alpha value is -5.05. The third-order valence-electron chi connectivity index (χ3n) is 6.31. The van der Waals surface area contributed by atoms with Crippen molar-refractivity contribution in [2.75, 3.05) is 24.4 Å². The van der Waals surface area contributed by atoms with Crippen molar-refractivity contribution in [2.24, 2.45) is 5.16 Å². The number of hydrogen-bond donors (Lipinski definition) is 3. The first-order valence-electron chi connectivity index (χ1n) is 13.5. The second-order valence-corrected chi connectivity index (χ2v) is 11.4. The fourth-order valence-electron chi connectivity index (χ4n) is 4.53. The van der Waals surface area contributed by atoms with Crippen LogP contribution in [0.1, 0.15) is 39.3 Å². The average Bonchev–Trinajstić information content (AvgIpc) is 3.43. The molecule has 4 amide bonds. The molecule has 0 unspecified atom stereocenters. The Kier molecular flexibility index (Phi) is 9.78. The van der Waals surface area contributed by atoms with Gasteiger partial charge in [0.1, 0.15) is 36.8 Å². The molecule has 1 aromatic carbocycles. The van der Waals surface area contributed by atoms with Crippen molar-refractivity contribution in [1.29, 1.82) is 0 Å². The van der Waals surface area contributed by atoms with Gasteiger partial charge in [0, 0.05) is 16.6 Å². The van der Waals surface area contributed by atoms with Crippen LogP contribution >= 0.6 is 11.3 Å². The Morgan fingerprint density at radius 2 is 1.91 bits per heavy atom. The number of anilines is 2. The maximum absolute atomic E-state index is 13.5. The largest absolute Gasteiger partial charge is 0.455 e. The van der Waals surface area contributed by atoms with Crippen molar-refractivity contribution >= 4 is 57.7 Å². The molecular formula is C29H32N6O8S. The Morgan fingerprint density at radius 1 is 1.18 bits per heavy atom. The van der Waals surface area contributed by atoms with Crippen molar-refractivity contribution in [1.82, 2.24) is 15.2 Å². The molecule has 2 aliphatic rings. The normalized spacial score (nSPS) is 18.0. The number of esters is 1. The van der Waals surface area contributed by atoms with Crippen LogP contribution < -0.4 is 16.0 Å². The molecule has 0 aliphatic carbocycles. The topological polar surface area (TPSA) is 178 Å². The van der Waals surface area contributed by atoms with Gasteiger partial charge in [-0.3, -0.25) is 24.6 Å². The number of fused-ring (bicyclic) bond motifs is 1. The highest BCUT2D eigenvalue weighted by atomic mass is 32.1. The maximum Gasteiger partial charge on any atom is 0.413 e. The molecule has 2 aromatic rings. The van der Waals surface area contributed by atoms with Gasteiger partial charge in [0.05, 0.1) is 6.04 Å². The van der Waals surface area contributed by atoms with Crippen LogP contribution in [-0.4, -0.2) is 76.8 Å². The molecule has 0 bridgehead atoms. The standard InChI is InChI=1S/C29H32N6O8S/c1-6-14-42-28(40)33-27-31-18(15-44-27)20(34-41-5)24(37)32-21-19-13-12-17(23(36)30-16-10-8-7-9-11-16)22(35(19)25(21)38)26(39)43-29(2,3)4/h6-11,15,19,21H,1,12-14H2,2-5H3,(H,30,36)(H,32,37)(H,31,33,40)/t19-,21-/m0/s1. The molecule has 44 heavy (non-hydrogen) atoms. The van der Waals surface area contributed by atoms with E-state index in [4.69, 9.17) is 14.3 Å². The minimum atomic E-state index is -1.02. The Balaban J connectivity index is 1.53. The van der Waals surface area contributed by atoms with Crippen LogP contribution in [-0.2, 0) is 33.5 Å². The minimum Gasteiger partial charge on any atom is -0.455 e. The summed E-state index contributed by atoms with van der Waals surface area (Å²) >= 11 is 1.02. The molecule has 3 N–H and O–H groups in total. The first-order valence-corrected chi connectivity index (χ1v) is 14.4. The predicted octanol–water partition coefficient (Wildman–Crippen LogP) is 2.95. The number of carbonyl (C=O) groups excluding carboxylic acids is 5.